The summed E-state index contributed by atoms with van der Waals surface area (Å²) in [4.78, 5) is 14.7. The molecule has 0 spiro atoms. The van der Waals surface area contributed by atoms with Crippen molar-refractivity contribution in [2.75, 3.05) is 18.8 Å². The van der Waals surface area contributed by atoms with Gasteiger partial charge in [-0.3, -0.25) is 4.79 Å². The molecule has 2 aromatic rings. The van der Waals surface area contributed by atoms with Crippen LogP contribution in [0.5, 0.6) is 0 Å². The van der Waals surface area contributed by atoms with E-state index >= 15 is 0 Å². The summed E-state index contributed by atoms with van der Waals surface area (Å²) in [6, 6.07) is 10.2. The van der Waals surface area contributed by atoms with Crippen molar-refractivity contribution >= 4 is 17.7 Å². The second-order valence-corrected chi connectivity index (χ2v) is 8.42. The van der Waals surface area contributed by atoms with Crippen LogP contribution in [-0.2, 0) is 11.3 Å². The summed E-state index contributed by atoms with van der Waals surface area (Å²) in [6.45, 7) is 12.9. The third-order valence-electron chi connectivity index (χ3n) is 3.93. The van der Waals surface area contributed by atoms with E-state index in [0.29, 0.717) is 17.6 Å². The molecule has 5 nitrogen and oxygen atoms in total. The highest BCUT2D eigenvalue weighted by atomic mass is 32.2. The Morgan fingerprint density at radius 1 is 1.08 bits per heavy atom. The summed E-state index contributed by atoms with van der Waals surface area (Å²) in [7, 11) is 0. The van der Waals surface area contributed by atoms with Crippen LogP contribution in [0.2, 0.25) is 0 Å². The average molecular weight is 375 g/mol. The third-order valence-corrected chi connectivity index (χ3v) is 4.89. The van der Waals surface area contributed by atoms with E-state index in [1.54, 1.807) is 0 Å². The van der Waals surface area contributed by atoms with Gasteiger partial charge < -0.3 is 9.47 Å². The van der Waals surface area contributed by atoms with Gasteiger partial charge in [0.2, 0.25) is 5.91 Å². The Bertz CT molecular complexity index is 687. The highest BCUT2D eigenvalue weighted by Gasteiger charge is 2.18. The molecular weight excluding hydrogens is 344 g/mol. The van der Waals surface area contributed by atoms with Crippen LogP contribution in [0, 0.1) is 18.8 Å². The first kappa shape index (κ1) is 20.5. The van der Waals surface area contributed by atoms with E-state index in [0.717, 1.165) is 30.6 Å². The Labute approximate surface area is 161 Å². The first-order valence-electron chi connectivity index (χ1n) is 9.21. The molecule has 1 aromatic carbocycles. The zero-order valence-corrected chi connectivity index (χ0v) is 17.3. The van der Waals surface area contributed by atoms with Gasteiger partial charge in [0.1, 0.15) is 5.82 Å². The largest absolute Gasteiger partial charge is 0.341 e. The van der Waals surface area contributed by atoms with Crippen LogP contribution in [0.4, 0.5) is 0 Å². The summed E-state index contributed by atoms with van der Waals surface area (Å²) in [5, 5.41) is 9.27. The SMILES string of the molecule is Cc1nnc(SCC(=O)N(CC(C)C)CC(C)C)n1Cc1ccccc1. The van der Waals surface area contributed by atoms with Gasteiger partial charge >= 0.3 is 0 Å². The minimum absolute atomic E-state index is 0.171. The Morgan fingerprint density at radius 3 is 2.27 bits per heavy atom. The zero-order chi connectivity index (χ0) is 19.1. The van der Waals surface area contributed by atoms with Crippen molar-refractivity contribution in [2.45, 2.75) is 46.3 Å². The first-order chi connectivity index (χ1) is 12.4. The van der Waals surface area contributed by atoms with Gasteiger partial charge in [-0.25, -0.2) is 0 Å². The summed E-state index contributed by atoms with van der Waals surface area (Å²) in [6.07, 6.45) is 0. The minimum atomic E-state index is 0.171. The highest BCUT2D eigenvalue weighted by molar-refractivity contribution is 7.99. The monoisotopic (exact) mass is 374 g/mol. The smallest absolute Gasteiger partial charge is 0.233 e. The van der Waals surface area contributed by atoms with Crippen molar-refractivity contribution < 1.29 is 4.79 Å². The maximum Gasteiger partial charge on any atom is 0.233 e. The number of hydrogen-bond acceptors (Lipinski definition) is 4. The molecule has 0 aliphatic carbocycles. The molecule has 0 N–H and O–H groups in total. The lowest BCUT2D eigenvalue weighted by atomic mass is 10.1. The molecule has 0 radical (unpaired) electrons. The maximum atomic E-state index is 12.7. The topological polar surface area (TPSA) is 51.0 Å². The number of aryl methyl sites for hydroxylation is 1. The van der Waals surface area contributed by atoms with Gasteiger partial charge in [0.15, 0.2) is 5.16 Å². The molecule has 0 saturated carbocycles. The lowest BCUT2D eigenvalue weighted by molar-refractivity contribution is -0.129. The lowest BCUT2D eigenvalue weighted by Gasteiger charge is -2.26. The van der Waals surface area contributed by atoms with E-state index < -0.39 is 0 Å². The van der Waals surface area contributed by atoms with Crippen LogP contribution in [-0.4, -0.2) is 44.4 Å². The summed E-state index contributed by atoms with van der Waals surface area (Å²) >= 11 is 1.48. The van der Waals surface area contributed by atoms with Crippen molar-refractivity contribution in [3.05, 3.63) is 41.7 Å². The predicted octanol–water partition coefficient (Wildman–Crippen LogP) is 3.87. The molecule has 0 bridgehead atoms. The number of aromatic nitrogens is 3. The summed E-state index contributed by atoms with van der Waals surface area (Å²) < 4.78 is 2.07. The molecule has 26 heavy (non-hydrogen) atoms. The second kappa shape index (κ2) is 9.76. The fourth-order valence-corrected chi connectivity index (χ4v) is 3.68. The Balaban J connectivity index is 2.03. The van der Waals surface area contributed by atoms with E-state index in [1.165, 1.54) is 17.3 Å². The van der Waals surface area contributed by atoms with Crippen molar-refractivity contribution in [3.63, 3.8) is 0 Å². The van der Waals surface area contributed by atoms with Crippen LogP contribution >= 0.6 is 11.8 Å². The third kappa shape index (κ3) is 6.16. The molecule has 0 aliphatic rings. The van der Waals surface area contributed by atoms with Crippen molar-refractivity contribution in [1.29, 1.82) is 0 Å². The first-order valence-corrected chi connectivity index (χ1v) is 10.2. The molecule has 0 aliphatic heterocycles. The van der Waals surface area contributed by atoms with Gasteiger partial charge in [0.25, 0.3) is 0 Å². The van der Waals surface area contributed by atoms with Crippen LogP contribution < -0.4 is 0 Å². The van der Waals surface area contributed by atoms with E-state index in [1.807, 2.05) is 30.0 Å². The number of carbonyl (C=O) groups excluding carboxylic acids is 1. The lowest BCUT2D eigenvalue weighted by Crippen LogP contribution is -2.38. The molecule has 0 fully saturated rings. The molecule has 1 aromatic heterocycles. The van der Waals surface area contributed by atoms with E-state index in [9.17, 15) is 4.79 Å². The average Bonchev–Trinajstić information content (AvgIpc) is 2.92. The highest BCUT2D eigenvalue weighted by Crippen LogP contribution is 2.19. The standard InChI is InChI=1S/C20H30N4OS/c1-15(2)11-23(12-16(3)4)19(25)14-26-20-22-21-17(5)24(20)13-18-9-7-6-8-10-18/h6-10,15-16H,11-14H2,1-5H3. The van der Waals surface area contributed by atoms with Gasteiger partial charge in [-0.15, -0.1) is 10.2 Å². The fourth-order valence-electron chi connectivity index (χ4n) is 2.79. The number of nitrogens with zero attached hydrogens (tertiary/aromatic N) is 4. The quantitative estimate of drug-likeness (QED) is 0.625. The van der Waals surface area contributed by atoms with Crippen molar-refractivity contribution in [1.82, 2.24) is 19.7 Å². The van der Waals surface area contributed by atoms with Gasteiger partial charge in [0, 0.05) is 13.1 Å². The summed E-state index contributed by atoms with van der Waals surface area (Å²) in [5.74, 6) is 2.36. The molecule has 2 rings (SSSR count). The number of benzene rings is 1. The summed E-state index contributed by atoms with van der Waals surface area (Å²) in [5.41, 5.74) is 1.20. The molecule has 1 heterocycles. The molecular formula is C20H30N4OS. The Morgan fingerprint density at radius 2 is 1.69 bits per heavy atom. The number of rotatable bonds is 9. The molecule has 1 amide bonds. The van der Waals surface area contributed by atoms with Gasteiger partial charge in [-0.1, -0.05) is 69.8 Å². The Kier molecular flexibility index (Phi) is 7.69. The zero-order valence-electron chi connectivity index (χ0n) is 16.5. The normalized spacial score (nSPS) is 11.3. The predicted molar refractivity (Wildman–Crippen MR) is 107 cm³/mol. The van der Waals surface area contributed by atoms with Gasteiger partial charge in [-0.05, 0) is 24.3 Å². The fraction of sp³-hybridized carbons (Fsp3) is 0.550. The van der Waals surface area contributed by atoms with Crippen LogP contribution in [0.3, 0.4) is 0 Å². The van der Waals surface area contributed by atoms with Crippen LogP contribution in [0.1, 0.15) is 39.1 Å². The number of thioether (sulfide) groups is 1. The van der Waals surface area contributed by atoms with Gasteiger partial charge in [-0.2, -0.15) is 0 Å². The van der Waals surface area contributed by atoms with E-state index in [2.05, 4.69) is 54.6 Å². The maximum absolute atomic E-state index is 12.7. The number of amides is 1. The van der Waals surface area contributed by atoms with Gasteiger partial charge in [0.05, 0.1) is 12.3 Å². The molecule has 142 valence electrons. The van der Waals surface area contributed by atoms with Crippen molar-refractivity contribution in [2.24, 2.45) is 11.8 Å². The van der Waals surface area contributed by atoms with Crippen LogP contribution in [0.15, 0.2) is 35.5 Å². The van der Waals surface area contributed by atoms with Crippen LogP contribution in [0.25, 0.3) is 0 Å². The Hall–Kier alpha value is -1.82. The van der Waals surface area contributed by atoms with Crippen molar-refractivity contribution in [3.8, 4) is 0 Å². The number of hydrogen-bond donors (Lipinski definition) is 0. The number of carbonyl (C=O) groups is 1. The van der Waals surface area contributed by atoms with E-state index in [-0.39, 0.29) is 5.91 Å². The molecule has 6 heteroatoms. The molecule has 0 unspecified atom stereocenters. The molecule has 0 saturated heterocycles. The minimum Gasteiger partial charge on any atom is -0.341 e. The molecule has 0 atom stereocenters. The van der Waals surface area contributed by atoms with E-state index in [4.69, 9.17) is 0 Å². The second-order valence-electron chi connectivity index (χ2n) is 7.48.